The van der Waals surface area contributed by atoms with Crippen LogP contribution < -0.4 is 0 Å². The molecule has 1 aliphatic rings. The molecule has 1 heterocycles. The lowest BCUT2D eigenvalue weighted by Gasteiger charge is -2.18. The van der Waals surface area contributed by atoms with Crippen LogP contribution in [-0.2, 0) is 4.65 Å². The van der Waals surface area contributed by atoms with Crippen molar-refractivity contribution in [3.63, 3.8) is 0 Å². The van der Waals surface area contributed by atoms with E-state index in [9.17, 15) is 0 Å². The maximum absolute atomic E-state index is 5.45. The van der Waals surface area contributed by atoms with Gasteiger partial charge in [-0.05, 0) is 13.5 Å². The van der Waals surface area contributed by atoms with Crippen molar-refractivity contribution in [1.82, 2.24) is 4.81 Å². The summed E-state index contributed by atoms with van der Waals surface area (Å²) in [6, 6.07) is 0. The van der Waals surface area contributed by atoms with Crippen molar-refractivity contribution in [2.75, 3.05) is 19.7 Å². The molecule has 1 rings (SSSR count). The van der Waals surface area contributed by atoms with E-state index in [0.29, 0.717) is 0 Å². The van der Waals surface area contributed by atoms with E-state index in [1.165, 1.54) is 0 Å². The SMILES string of the molecule is CCOB1C=CCN1CC. The van der Waals surface area contributed by atoms with Gasteiger partial charge in [-0.1, -0.05) is 19.0 Å². The highest BCUT2D eigenvalue weighted by molar-refractivity contribution is 6.55. The van der Waals surface area contributed by atoms with E-state index < -0.39 is 0 Å². The molecule has 0 aromatic heterocycles. The van der Waals surface area contributed by atoms with Crippen LogP contribution in [0.5, 0.6) is 0 Å². The molecule has 0 amide bonds. The summed E-state index contributed by atoms with van der Waals surface area (Å²) >= 11 is 0. The lowest BCUT2D eigenvalue weighted by Crippen LogP contribution is -2.36. The molecule has 2 nitrogen and oxygen atoms in total. The van der Waals surface area contributed by atoms with Gasteiger partial charge in [0, 0.05) is 13.2 Å². The number of likely N-dealkylation sites (N-methyl/N-ethyl adjacent to an activating group) is 1. The first-order chi connectivity index (χ1) is 4.88. The van der Waals surface area contributed by atoms with Crippen molar-refractivity contribution in [3.05, 3.63) is 12.1 Å². The zero-order valence-corrected chi connectivity index (χ0v) is 6.71. The summed E-state index contributed by atoms with van der Waals surface area (Å²) in [6.45, 7) is 7.09. The molecule has 0 aromatic carbocycles. The fraction of sp³-hybridized carbons (Fsp3) is 0.714. The molecule has 0 radical (unpaired) electrons. The first-order valence-electron chi connectivity index (χ1n) is 3.90. The number of hydrogen-bond donors (Lipinski definition) is 0. The van der Waals surface area contributed by atoms with Crippen LogP contribution in [-0.4, -0.2) is 31.6 Å². The summed E-state index contributed by atoms with van der Waals surface area (Å²) in [5.74, 6) is 2.12. The van der Waals surface area contributed by atoms with Crippen LogP contribution in [0.2, 0.25) is 0 Å². The van der Waals surface area contributed by atoms with Gasteiger partial charge in [-0.3, -0.25) is 0 Å². The van der Waals surface area contributed by atoms with Gasteiger partial charge in [0.05, 0.1) is 0 Å². The minimum Gasteiger partial charge on any atom is -0.418 e. The van der Waals surface area contributed by atoms with E-state index in [2.05, 4.69) is 23.8 Å². The van der Waals surface area contributed by atoms with Gasteiger partial charge in [-0.15, -0.1) is 0 Å². The Morgan fingerprint density at radius 2 is 2.40 bits per heavy atom. The van der Waals surface area contributed by atoms with Crippen molar-refractivity contribution in [3.8, 4) is 0 Å². The highest BCUT2D eigenvalue weighted by Crippen LogP contribution is 2.05. The molecule has 1 aliphatic heterocycles. The van der Waals surface area contributed by atoms with Gasteiger partial charge in [0.2, 0.25) is 0 Å². The molecule has 0 unspecified atom stereocenters. The van der Waals surface area contributed by atoms with Gasteiger partial charge in [-0.2, -0.15) is 0 Å². The average Bonchev–Trinajstić information content (AvgIpc) is 2.36. The maximum Gasteiger partial charge on any atom is 0.410 e. The molecule has 0 aromatic rings. The van der Waals surface area contributed by atoms with Gasteiger partial charge in [-0.25, -0.2) is 0 Å². The van der Waals surface area contributed by atoms with E-state index in [1.807, 2.05) is 6.92 Å². The Kier molecular flexibility index (Phi) is 2.96. The van der Waals surface area contributed by atoms with E-state index in [4.69, 9.17) is 4.65 Å². The Bertz CT molecular complexity index is 127. The van der Waals surface area contributed by atoms with Crippen molar-refractivity contribution in [2.24, 2.45) is 0 Å². The second-order valence-electron chi connectivity index (χ2n) is 2.36. The first kappa shape index (κ1) is 7.83. The minimum absolute atomic E-state index is 0.245. The zero-order valence-electron chi connectivity index (χ0n) is 6.71. The number of rotatable bonds is 3. The number of nitrogens with zero attached hydrogens (tertiary/aromatic N) is 1. The molecular formula is C7H14BNO. The molecule has 0 N–H and O–H groups in total. The second-order valence-corrected chi connectivity index (χ2v) is 2.36. The Labute approximate surface area is 63.0 Å². The third-order valence-corrected chi connectivity index (χ3v) is 1.74. The fourth-order valence-electron chi connectivity index (χ4n) is 1.18. The normalized spacial score (nSPS) is 18.8. The van der Waals surface area contributed by atoms with Gasteiger partial charge in [0.1, 0.15) is 0 Å². The van der Waals surface area contributed by atoms with Crippen molar-refractivity contribution in [2.45, 2.75) is 13.8 Å². The second kappa shape index (κ2) is 3.79. The van der Waals surface area contributed by atoms with E-state index >= 15 is 0 Å². The van der Waals surface area contributed by atoms with E-state index in [0.717, 1.165) is 19.7 Å². The van der Waals surface area contributed by atoms with Crippen LogP contribution in [0.15, 0.2) is 12.1 Å². The third-order valence-electron chi connectivity index (χ3n) is 1.74. The standard InChI is InChI=1S/C7H14BNO/c1-3-9-7-5-6-8(9)10-4-2/h5-6H,3-4,7H2,1-2H3. The first-order valence-corrected chi connectivity index (χ1v) is 3.90. The van der Waals surface area contributed by atoms with Crippen LogP contribution >= 0.6 is 0 Å². The Balaban J connectivity index is 2.33. The maximum atomic E-state index is 5.45. The predicted molar refractivity (Wildman–Crippen MR) is 43.8 cm³/mol. The Morgan fingerprint density at radius 1 is 1.60 bits per heavy atom. The summed E-state index contributed by atoms with van der Waals surface area (Å²) in [7, 11) is 0.245. The van der Waals surface area contributed by atoms with Crippen molar-refractivity contribution < 1.29 is 4.65 Å². The van der Waals surface area contributed by atoms with Gasteiger partial charge in [0.15, 0.2) is 0 Å². The average molecular weight is 139 g/mol. The van der Waals surface area contributed by atoms with Gasteiger partial charge in [0.25, 0.3) is 0 Å². The molecule has 0 aliphatic carbocycles. The quantitative estimate of drug-likeness (QED) is 0.539. The lowest BCUT2D eigenvalue weighted by molar-refractivity contribution is 0.299. The molecule has 0 spiro atoms. The summed E-state index contributed by atoms with van der Waals surface area (Å²) in [4.78, 5) is 2.28. The van der Waals surface area contributed by atoms with Crippen LogP contribution in [0.4, 0.5) is 0 Å². The zero-order chi connectivity index (χ0) is 7.40. The molecule has 3 heteroatoms. The largest absolute Gasteiger partial charge is 0.418 e. The molecular weight excluding hydrogens is 125 g/mol. The van der Waals surface area contributed by atoms with Gasteiger partial charge >= 0.3 is 7.05 Å². The van der Waals surface area contributed by atoms with E-state index in [-0.39, 0.29) is 7.05 Å². The smallest absolute Gasteiger partial charge is 0.410 e. The molecule has 0 saturated carbocycles. The molecule has 0 fully saturated rings. The summed E-state index contributed by atoms with van der Waals surface area (Å²) < 4.78 is 5.45. The Hall–Kier alpha value is -0.275. The summed E-state index contributed by atoms with van der Waals surface area (Å²) in [5, 5.41) is 0. The third kappa shape index (κ3) is 1.61. The summed E-state index contributed by atoms with van der Waals surface area (Å²) in [5.41, 5.74) is 0. The topological polar surface area (TPSA) is 12.5 Å². The van der Waals surface area contributed by atoms with Crippen molar-refractivity contribution in [1.29, 1.82) is 0 Å². The lowest BCUT2D eigenvalue weighted by atomic mass is 9.83. The highest BCUT2D eigenvalue weighted by Gasteiger charge is 2.23. The number of hydrogen-bond acceptors (Lipinski definition) is 2. The fourth-order valence-corrected chi connectivity index (χ4v) is 1.18. The molecule has 56 valence electrons. The molecule has 0 atom stereocenters. The highest BCUT2D eigenvalue weighted by atomic mass is 16.4. The van der Waals surface area contributed by atoms with Crippen LogP contribution in [0.3, 0.4) is 0 Å². The minimum atomic E-state index is 0.245. The Morgan fingerprint density at radius 3 is 3.00 bits per heavy atom. The van der Waals surface area contributed by atoms with Crippen LogP contribution in [0.1, 0.15) is 13.8 Å². The molecule has 0 saturated heterocycles. The van der Waals surface area contributed by atoms with Gasteiger partial charge < -0.3 is 9.47 Å². The molecule has 10 heavy (non-hydrogen) atoms. The molecule has 0 bridgehead atoms. The van der Waals surface area contributed by atoms with Crippen LogP contribution in [0.25, 0.3) is 0 Å². The van der Waals surface area contributed by atoms with Crippen LogP contribution in [0, 0.1) is 0 Å². The van der Waals surface area contributed by atoms with Crippen molar-refractivity contribution >= 4 is 7.05 Å². The summed E-state index contributed by atoms with van der Waals surface area (Å²) in [6.07, 6.45) is 2.16. The monoisotopic (exact) mass is 139 g/mol. The van der Waals surface area contributed by atoms with E-state index in [1.54, 1.807) is 0 Å². The predicted octanol–water partition coefficient (Wildman–Crippen LogP) is 0.942.